The molecule has 2 rings (SSSR count). The fourth-order valence-electron chi connectivity index (χ4n) is 1.97. The average Bonchev–Trinajstić information content (AvgIpc) is 2.57. The number of hydrogen-bond donors (Lipinski definition) is 0. The Labute approximate surface area is 142 Å². The lowest BCUT2D eigenvalue weighted by molar-refractivity contribution is -0.384. The van der Waals surface area contributed by atoms with Gasteiger partial charge in [0.25, 0.3) is 5.69 Å². The van der Waals surface area contributed by atoms with Gasteiger partial charge >= 0.3 is 5.97 Å². The van der Waals surface area contributed by atoms with Crippen molar-refractivity contribution in [3.8, 4) is 0 Å². The number of carbonyl (C=O) groups excluding carboxylic acids is 1. The average molecular weight is 371 g/mol. The first-order chi connectivity index (χ1) is 11.8. The number of methoxy groups -OCH3 is 1. The van der Waals surface area contributed by atoms with Gasteiger partial charge < -0.3 is 9.29 Å². The Balaban J connectivity index is 2.54. The number of esters is 1. The third-order valence-corrected chi connectivity index (χ3v) is 3.81. The van der Waals surface area contributed by atoms with Crippen LogP contribution in [0.15, 0.2) is 36.4 Å². The summed E-state index contributed by atoms with van der Waals surface area (Å²) in [6.45, 7) is 0. The highest BCUT2D eigenvalue weighted by atomic mass is 32.2. The van der Waals surface area contributed by atoms with Crippen LogP contribution in [-0.4, -0.2) is 26.8 Å². The third-order valence-electron chi connectivity index (χ3n) is 3.10. The van der Waals surface area contributed by atoms with E-state index in [9.17, 15) is 32.5 Å². The second-order valence-electron chi connectivity index (χ2n) is 4.56. The van der Waals surface area contributed by atoms with Gasteiger partial charge in [-0.15, -0.1) is 0 Å². The number of hydrogen-bond acceptors (Lipinski definition) is 6. The molecule has 0 fully saturated rings. The Morgan fingerprint density at radius 1 is 1.20 bits per heavy atom. The lowest BCUT2D eigenvalue weighted by atomic mass is 10.1. The molecule has 0 bridgehead atoms. The zero-order chi connectivity index (χ0) is 18.7. The number of halogens is 2. The third kappa shape index (κ3) is 3.78. The maximum atomic E-state index is 14.2. The van der Waals surface area contributed by atoms with Crippen molar-refractivity contribution < 1.29 is 32.0 Å². The second-order valence-corrected chi connectivity index (χ2v) is 5.36. The highest BCUT2D eigenvalue weighted by molar-refractivity contribution is 7.81. The summed E-state index contributed by atoms with van der Waals surface area (Å²) in [5.74, 6) is -3.53. The zero-order valence-electron chi connectivity index (χ0n) is 12.5. The highest BCUT2D eigenvalue weighted by Crippen LogP contribution is 2.32. The summed E-state index contributed by atoms with van der Waals surface area (Å²) in [7, 11) is 0.976. The standard InChI is InChI=1S/C14H10F2N2O6S/c1-24-14(19)10-6-12(16)13(7-11(10)15)17(25(22)23)8-2-4-9(5-3-8)18(20)21/h2-7H,1H3,(H,22,23)/p-1. The van der Waals surface area contributed by atoms with E-state index in [1.807, 2.05) is 0 Å². The van der Waals surface area contributed by atoms with Crippen molar-refractivity contribution >= 4 is 34.3 Å². The number of nitro benzene ring substituents is 1. The monoisotopic (exact) mass is 371 g/mol. The highest BCUT2D eigenvalue weighted by Gasteiger charge is 2.22. The van der Waals surface area contributed by atoms with Crippen LogP contribution in [0.4, 0.5) is 25.8 Å². The summed E-state index contributed by atoms with van der Waals surface area (Å²) in [5.41, 5.74) is -1.88. The van der Waals surface area contributed by atoms with Gasteiger partial charge in [0.2, 0.25) is 0 Å². The van der Waals surface area contributed by atoms with Gasteiger partial charge in [0, 0.05) is 18.2 Å². The fraction of sp³-hybridized carbons (Fsp3) is 0.0714. The first kappa shape index (κ1) is 18.4. The molecule has 0 saturated heterocycles. The molecule has 2 aromatic carbocycles. The molecule has 132 valence electrons. The number of ether oxygens (including phenoxy) is 1. The molecule has 1 atom stereocenters. The number of non-ortho nitro benzene ring substituents is 1. The second kappa shape index (κ2) is 7.32. The Bertz CT molecular complexity index is 859. The Kier molecular flexibility index (Phi) is 5.39. The van der Waals surface area contributed by atoms with E-state index < -0.39 is 45.0 Å². The van der Waals surface area contributed by atoms with Crippen LogP contribution in [0.5, 0.6) is 0 Å². The summed E-state index contributed by atoms with van der Waals surface area (Å²) in [5, 5.41) is 10.6. The zero-order valence-corrected chi connectivity index (χ0v) is 13.3. The fourth-order valence-corrected chi connectivity index (χ4v) is 2.57. The van der Waals surface area contributed by atoms with Crippen molar-refractivity contribution in [3.05, 3.63) is 63.7 Å². The molecule has 11 heteroatoms. The molecule has 0 aliphatic heterocycles. The van der Waals surface area contributed by atoms with Gasteiger partial charge in [0.1, 0.15) is 11.6 Å². The van der Waals surface area contributed by atoms with Crippen LogP contribution in [-0.2, 0) is 16.0 Å². The number of nitro groups is 1. The van der Waals surface area contributed by atoms with E-state index in [1.165, 1.54) is 0 Å². The SMILES string of the molecule is COC(=O)c1cc(F)c(N(c2ccc([N+](=O)[O-])cc2)S(=O)[O-])cc1F. The van der Waals surface area contributed by atoms with Crippen molar-refractivity contribution in [3.63, 3.8) is 0 Å². The maximum absolute atomic E-state index is 14.2. The minimum absolute atomic E-state index is 0.164. The first-order valence-corrected chi connectivity index (χ1v) is 7.50. The van der Waals surface area contributed by atoms with Crippen LogP contribution in [0, 0.1) is 21.7 Å². The Hall–Kier alpha value is -2.92. The minimum Gasteiger partial charge on any atom is -0.755 e. The van der Waals surface area contributed by atoms with Crippen LogP contribution >= 0.6 is 0 Å². The number of benzene rings is 2. The minimum atomic E-state index is -3.07. The van der Waals surface area contributed by atoms with Crippen molar-refractivity contribution in [2.24, 2.45) is 0 Å². The predicted octanol–water partition coefficient (Wildman–Crippen LogP) is 2.59. The summed E-state index contributed by atoms with van der Waals surface area (Å²) >= 11 is -3.07. The molecular weight excluding hydrogens is 362 g/mol. The van der Waals surface area contributed by atoms with E-state index in [0.717, 1.165) is 31.4 Å². The van der Waals surface area contributed by atoms with Crippen molar-refractivity contribution in [2.75, 3.05) is 11.4 Å². The normalized spacial score (nSPS) is 11.7. The van der Waals surface area contributed by atoms with Crippen molar-refractivity contribution in [1.82, 2.24) is 0 Å². The summed E-state index contributed by atoms with van der Waals surface area (Å²) in [6.07, 6.45) is 0. The van der Waals surface area contributed by atoms with Gasteiger partial charge in [-0.05, 0) is 18.2 Å². The van der Waals surface area contributed by atoms with E-state index in [2.05, 4.69) is 4.74 Å². The molecule has 0 aromatic heterocycles. The predicted molar refractivity (Wildman–Crippen MR) is 81.9 cm³/mol. The van der Waals surface area contributed by atoms with Gasteiger partial charge in [-0.2, -0.15) is 0 Å². The first-order valence-electron chi connectivity index (χ1n) is 6.47. The van der Waals surface area contributed by atoms with Gasteiger partial charge in [0.05, 0.1) is 40.2 Å². The smallest absolute Gasteiger partial charge is 0.340 e. The topological polar surface area (TPSA) is 113 Å². The lowest BCUT2D eigenvalue weighted by Crippen LogP contribution is -2.21. The van der Waals surface area contributed by atoms with E-state index in [4.69, 9.17) is 0 Å². The molecule has 0 saturated carbocycles. The molecule has 8 nitrogen and oxygen atoms in total. The van der Waals surface area contributed by atoms with E-state index in [0.29, 0.717) is 16.4 Å². The molecule has 0 N–H and O–H groups in total. The molecule has 1 unspecified atom stereocenters. The van der Waals surface area contributed by atoms with Crippen LogP contribution in [0.25, 0.3) is 0 Å². The molecule has 2 aromatic rings. The summed E-state index contributed by atoms with van der Waals surface area (Å²) < 4.78 is 55.9. The lowest BCUT2D eigenvalue weighted by Gasteiger charge is -2.27. The number of nitrogens with zero attached hydrogens (tertiary/aromatic N) is 2. The van der Waals surface area contributed by atoms with Crippen LogP contribution in [0.1, 0.15) is 10.4 Å². The molecule has 0 heterocycles. The van der Waals surface area contributed by atoms with Gasteiger partial charge in [0.15, 0.2) is 0 Å². The van der Waals surface area contributed by atoms with Crippen LogP contribution < -0.4 is 4.31 Å². The molecule has 0 radical (unpaired) electrons. The van der Waals surface area contributed by atoms with Gasteiger partial charge in [-0.1, -0.05) is 0 Å². The molecule has 0 aliphatic rings. The molecule has 0 aliphatic carbocycles. The molecule has 0 amide bonds. The number of rotatable bonds is 5. The van der Waals surface area contributed by atoms with E-state index in [1.54, 1.807) is 0 Å². The number of carbonyl (C=O) groups is 1. The van der Waals surface area contributed by atoms with Gasteiger partial charge in [-0.25, -0.2) is 13.6 Å². The van der Waals surface area contributed by atoms with Crippen LogP contribution in [0.3, 0.4) is 0 Å². The maximum Gasteiger partial charge on any atom is 0.340 e. The van der Waals surface area contributed by atoms with Gasteiger partial charge in [-0.3, -0.25) is 18.6 Å². The van der Waals surface area contributed by atoms with E-state index in [-0.39, 0.29) is 11.4 Å². The molecule has 0 spiro atoms. The molecular formula is C14H9F2N2O6S-. The number of anilines is 2. The quantitative estimate of drug-likeness (QED) is 0.345. The molecule has 25 heavy (non-hydrogen) atoms. The summed E-state index contributed by atoms with van der Waals surface area (Å²) in [6, 6.07) is 5.14. The van der Waals surface area contributed by atoms with Crippen LogP contribution in [0.2, 0.25) is 0 Å². The van der Waals surface area contributed by atoms with Crippen molar-refractivity contribution in [1.29, 1.82) is 0 Å². The Morgan fingerprint density at radius 2 is 1.80 bits per heavy atom. The largest absolute Gasteiger partial charge is 0.755 e. The van der Waals surface area contributed by atoms with E-state index >= 15 is 0 Å². The Morgan fingerprint density at radius 3 is 2.28 bits per heavy atom. The van der Waals surface area contributed by atoms with Crippen molar-refractivity contribution in [2.45, 2.75) is 0 Å². The summed E-state index contributed by atoms with van der Waals surface area (Å²) in [4.78, 5) is 21.3.